The highest BCUT2D eigenvalue weighted by molar-refractivity contribution is 7.09. The lowest BCUT2D eigenvalue weighted by Gasteiger charge is -2.34. The predicted molar refractivity (Wildman–Crippen MR) is 86.5 cm³/mol. The average molecular weight is 315 g/mol. The molecule has 0 aliphatic carbocycles. The van der Waals surface area contributed by atoms with Crippen molar-refractivity contribution in [3.8, 4) is 0 Å². The Labute approximate surface area is 132 Å². The summed E-state index contributed by atoms with van der Waals surface area (Å²) in [6.45, 7) is 2.57. The first-order valence-corrected chi connectivity index (χ1v) is 8.26. The highest BCUT2D eigenvalue weighted by Gasteiger charge is 2.35. The Morgan fingerprint density at radius 1 is 1.50 bits per heavy atom. The van der Waals surface area contributed by atoms with E-state index in [9.17, 15) is 4.79 Å². The fraction of sp³-hybridized carbons (Fsp3) is 0.400. The highest BCUT2D eigenvalue weighted by atomic mass is 32.1. The Bertz CT molecular complexity index is 702. The molecule has 0 saturated carbocycles. The highest BCUT2D eigenvalue weighted by Crippen LogP contribution is 2.37. The van der Waals surface area contributed by atoms with Gasteiger partial charge in [-0.05, 0) is 18.6 Å². The van der Waals surface area contributed by atoms with Crippen molar-refractivity contribution in [2.75, 3.05) is 29.9 Å². The summed E-state index contributed by atoms with van der Waals surface area (Å²) < 4.78 is 0. The number of carbonyl (C=O) groups excluding carboxylic acids is 1. The van der Waals surface area contributed by atoms with Gasteiger partial charge in [0.2, 0.25) is 0 Å². The van der Waals surface area contributed by atoms with Gasteiger partial charge < -0.3 is 15.1 Å². The molecule has 1 amide bonds. The third-order valence-electron chi connectivity index (χ3n) is 4.36. The maximum absolute atomic E-state index is 12.3. The van der Waals surface area contributed by atoms with Crippen LogP contribution in [-0.2, 0) is 6.54 Å². The SMILES string of the molecule is CN1c2nc(C(=O)NCc3nccs3)ccc2N2CCC1C2. The first-order chi connectivity index (χ1) is 10.7. The van der Waals surface area contributed by atoms with Crippen molar-refractivity contribution < 1.29 is 4.79 Å². The van der Waals surface area contributed by atoms with Crippen LogP contribution in [0.2, 0.25) is 0 Å². The first-order valence-electron chi connectivity index (χ1n) is 7.38. The Balaban J connectivity index is 1.55. The predicted octanol–water partition coefficient (Wildman–Crippen LogP) is 1.50. The summed E-state index contributed by atoms with van der Waals surface area (Å²) in [6.07, 6.45) is 2.89. The molecule has 22 heavy (non-hydrogen) atoms. The van der Waals surface area contributed by atoms with Gasteiger partial charge in [0, 0.05) is 37.8 Å². The van der Waals surface area contributed by atoms with E-state index in [1.165, 1.54) is 11.3 Å². The second kappa shape index (κ2) is 5.24. The van der Waals surface area contributed by atoms with E-state index in [1.807, 2.05) is 17.5 Å². The Kier molecular flexibility index (Phi) is 3.22. The van der Waals surface area contributed by atoms with Gasteiger partial charge in [-0.25, -0.2) is 9.97 Å². The average Bonchev–Trinajstić information content (AvgIpc) is 3.20. The molecule has 2 aromatic rings. The summed E-state index contributed by atoms with van der Waals surface area (Å²) in [5, 5.41) is 5.67. The van der Waals surface area contributed by atoms with Crippen LogP contribution in [0.3, 0.4) is 0 Å². The molecule has 0 radical (unpaired) electrons. The van der Waals surface area contributed by atoms with Crippen LogP contribution in [0, 0.1) is 0 Å². The van der Waals surface area contributed by atoms with Gasteiger partial charge in [-0.2, -0.15) is 0 Å². The van der Waals surface area contributed by atoms with Crippen LogP contribution in [0.25, 0.3) is 0 Å². The molecule has 1 saturated heterocycles. The lowest BCUT2D eigenvalue weighted by molar-refractivity contribution is 0.0946. The Morgan fingerprint density at radius 2 is 2.41 bits per heavy atom. The van der Waals surface area contributed by atoms with Crippen LogP contribution in [0.4, 0.5) is 11.5 Å². The van der Waals surface area contributed by atoms with Gasteiger partial charge >= 0.3 is 0 Å². The van der Waals surface area contributed by atoms with Crippen LogP contribution in [0.1, 0.15) is 21.9 Å². The summed E-state index contributed by atoms with van der Waals surface area (Å²) in [6, 6.07) is 4.33. The molecule has 1 atom stereocenters. The zero-order valence-electron chi connectivity index (χ0n) is 12.3. The van der Waals surface area contributed by atoms with Crippen molar-refractivity contribution in [2.24, 2.45) is 0 Å². The number of thiazole rings is 1. The second-order valence-corrected chi connectivity index (χ2v) is 6.63. The van der Waals surface area contributed by atoms with Crippen molar-refractivity contribution in [3.05, 3.63) is 34.4 Å². The zero-order valence-corrected chi connectivity index (χ0v) is 13.1. The third kappa shape index (κ3) is 2.21. The van der Waals surface area contributed by atoms with E-state index >= 15 is 0 Å². The number of anilines is 2. The number of carbonyl (C=O) groups is 1. The number of nitrogens with zero attached hydrogens (tertiary/aromatic N) is 4. The van der Waals surface area contributed by atoms with Crippen molar-refractivity contribution in [2.45, 2.75) is 19.0 Å². The number of pyridine rings is 1. The van der Waals surface area contributed by atoms with E-state index < -0.39 is 0 Å². The number of rotatable bonds is 3. The van der Waals surface area contributed by atoms with E-state index in [2.05, 4.69) is 32.1 Å². The third-order valence-corrected chi connectivity index (χ3v) is 5.14. The number of amides is 1. The number of hydrogen-bond acceptors (Lipinski definition) is 6. The smallest absolute Gasteiger partial charge is 0.270 e. The minimum atomic E-state index is -0.153. The molecule has 0 aromatic carbocycles. The summed E-state index contributed by atoms with van der Waals surface area (Å²) >= 11 is 1.53. The second-order valence-electron chi connectivity index (χ2n) is 5.65. The van der Waals surface area contributed by atoms with E-state index in [1.54, 1.807) is 6.20 Å². The molecule has 6 nitrogen and oxygen atoms in total. The Morgan fingerprint density at radius 3 is 3.23 bits per heavy atom. The standard InChI is InChI=1S/C15H17N5OS/c1-19-10-4-6-20(9-10)12-3-2-11(18-14(12)19)15(21)17-8-13-16-5-7-22-13/h2-3,5,7,10H,4,6,8-9H2,1H3,(H,17,21). The van der Waals surface area contributed by atoms with Gasteiger partial charge in [0.05, 0.1) is 12.2 Å². The molecule has 4 heterocycles. The van der Waals surface area contributed by atoms with E-state index in [0.717, 1.165) is 36.0 Å². The van der Waals surface area contributed by atoms with Crippen LogP contribution in [0.5, 0.6) is 0 Å². The van der Waals surface area contributed by atoms with Crippen molar-refractivity contribution in [1.82, 2.24) is 15.3 Å². The fourth-order valence-corrected chi connectivity index (χ4v) is 3.67. The van der Waals surface area contributed by atoms with Gasteiger partial charge in [0.25, 0.3) is 5.91 Å². The molecule has 2 aliphatic rings. The van der Waals surface area contributed by atoms with Crippen LogP contribution in [0.15, 0.2) is 23.7 Å². The minimum absolute atomic E-state index is 0.153. The van der Waals surface area contributed by atoms with Gasteiger partial charge in [-0.15, -0.1) is 11.3 Å². The lowest BCUT2D eigenvalue weighted by atomic mass is 10.2. The molecular weight excluding hydrogens is 298 g/mol. The topological polar surface area (TPSA) is 61.4 Å². The number of nitrogens with one attached hydrogen (secondary N) is 1. The molecular formula is C15H17N5OS. The van der Waals surface area contributed by atoms with E-state index in [4.69, 9.17) is 0 Å². The molecule has 1 unspecified atom stereocenters. The molecule has 1 fully saturated rings. The van der Waals surface area contributed by atoms with Crippen molar-refractivity contribution in [1.29, 1.82) is 0 Å². The Hall–Kier alpha value is -2.15. The lowest BCUT2D eigenvalue weighted by Crippen LogP contribution is -2.40. The minimum Gasteiger partial charge on any atom is -0.366 e. The maximum Gasteiger partial charge on any atom is 0.270 e. The largest absolute Gasteiger partial charge is 0.366 e. The molecule has 114 valence electrons. The molecule has 4 rings (SSSR count). The maximum atomic E-state index is 12.3. The summed E-state index contributed by atoms with van der Waals surface area (Å²) in [7, 11) is 2.07. The molecule has 1 N–H and O–H groups in total. The van der Waals surface area contributed by atoms with Crippen LogP contribution in [-0.4, -0.2) is 42.1 Å². The molecule has 2 aromatic heterocycles. The van der Waals surface area contributed by atoms with Gasteiger partial charge in [-0.3, -0.25) is 4.79 Å². The molecule has 0 spiro atoms. The number of aromatic nitrogens is 2. The number of fused-ring (bicyclic) bond motifs is 4. The van der Waals surface area contributed by atoms with Crippen molar-refractivity contribution >= 4 is 28.7 Å². The summed E-state index contributed by atoms with van der Waals surface area (Å²) in [4.78, 5) is 25.6. The van der Waals surface area contributed by atoms with Crippen LogP contribution >= 0.6 is 11.3 Å². The quantitative estimate of drug-likeness (QED) is 0.930. The normalized spacial score (nSPS) is 19.2. The first kappa shape index (κ1) is 13.5. The zero-order chi connectivity index (χ0) is 15.1. The van der Waals surface area contributed by atoms with E-state index in [-0.39, 0.29) is 5.91 Å². The monoisotopic (exact) mass is 315 g/mol. The van der Waals surface area contributed by atoms with Gasteiger partial charge in [0.15, 0.2) is 5.82 Å². The number of likely N-dealkylation sites (N-methyl/N-ethyl adjacent to an activating group) is 1. The summed E-state index contributed by atoms with van der Waals surface area (Å²) in [5.41, 5.74) is 1.59. The van der Waals surface area contributed by atoms with Gasteiger partial charge in [0.1, 0.15) is 10.7 Å². The number of hydrogen-bond donors (Lipinski definition) is 1. The van der Waals surface area contributed by atoms with Crippen molar-refractivity contribution in [3.63, 3.8) is 0 Å². The van der Waals surface area contributed by atoms with Crippen LogP contribution < -0.4 is 15.1 Å². The molecule has 2 aliphatic heterocycles. The molecule has 2 bridgehead atoms. The van der Waals surface area contributed by atoms with E-state index in [0.29, 0.717) is 18.3 Å². The fourth-order valence-electron chi connectivity index (χ4n) is 3.11. The molecule has 7 heteroatoms. The summed E-state index contributed by atoms with van der Waals surface area (Å²) in [5.74, 6) is 0.759. The van der Waals surface area contributed by atoms with Gasteiger partial charge in [-0.1, -0.05) is 0 Å².